The molecule has 0 spiro atoms. The lowest BCUT2D eigenvalue weighted by Gasteiger charge is -2.29. The van der Waals surface area contributed by atoms with E-state index in [1.54, 1.807) is 36.6 Å². The van der Waals surface area contributed by atoms with Crippen molar-refractivity contribution in [2.24, 2.45) is 5.73 Å². The number of amides is 8. The number of H-pyrrole nitrogens is 1. The number of carbonyl (C=O) groups is 10. The van der Waals surface area contributed by atoms with E-state index in [-0.39, 0.29) is 49.4 Å². The Balaban J connectivity index is 1.39. The van der Waals surface area contributed by atoms with Crippen LogP contribution in [0.25, 0.3) is 0 Å². The molecule has 18 N–H and O–H groups in total. The molecule has 5 rings (SSSR count). The van der Waals surface area contributed by atoms with Gasteiger partial charge in [-0.3, -0.25) is 43.2 Å². The first-order valence-electron chi connectivity index (χ1n) is 27.6. The summed E-state index contributed by atoms with van der Waals surface area (Å²) in [6.07, 6.45) is -1.29. The smallest absolute Gasteiger partial charge is 0.326 e. The molecule has 29 heteroatoms. The minimum Gasteiger partial charge on any atom is -0.508 e. The predicted molar refractivity (Wildman–Crippen MR) is 318 cm³/mol. The molecule has 11 atom stereocenters. The second-order valence-corrected chi connectivity index (χ2v) is 21.7. The molecule has 1 heterocycles. The Morgan fingerprint density at radius 3 is 1.27 bits per heavy atom. The number of rotatable bonds is 34. The number of nitrogens with two attached hydrogens (primary N) is 1. The van der Waals surface area contributed by atoms with Crippen molar-refractivity contribution in [3.63, 3.8) is 0 Å². The fourth-order valence-corrected chi connectivity index (χ4v) is 9.30. The van der Waals surface area contributed by atoms with Crippen LogP contribution in [0.5, 0.6) is 17.2 Å². The van der Waals surface area contributed by atoms with Crippen molar-refractivity contribution in [1.82, 2.24) is 52.5 Å². The Kier molecular flexibility index (Phi) is 26.7. The van der Waals surface area contributed by atoms with Gasteiger partial charge in [-0.25, -0.2) is 9.78 Å². The molecular weight excluding hydrogens is 1170 g/mol. The Bertz CT molecular complexity index is 3160. The summed E-state index contributed by atoms with van der Waals surface area (Å²) >= 11 is 1.32. The third-order valence-corrected chi connectivity index (χ3v) is 14.3. The SMILES string of the molecule is CSCC[C@H](NC(=O)[C@H](Cc1ccc(O)cc1)NC(=O)[C@H](Cc1ccc(O)cc1)NC(=O)[C@H](CC(=O)O)NC(=O)[C@@H](NC(=O)[C@H](Cc1ccccc1)NC(=O)[C@@H](NC(=O)[C@@H](N)Cc1ccc(O)cc1)[C@@H](C)O)[C@@H](C)O)C(=O)N[C@@H](Cc1cnc[nH]1)C(=O)O. The zero-order valence-corrected chi connectivity index (χ0v) is 48.9. The van der Waals surface area contributed by atoms with Crippen LogP contribution in [0.4, 0.5) is 0 Å². The number of carboxylic acid groups (broad SMARTS) is 2. The predicted octanol–water partition coefficient (Wildman–Crippen LogP) is -1.68. The maximum Gasteiger partial charge on any atom is 0.326 e. The number of aromatic nitrogens is 2. The molecule has 1 aromatic heterocycles. The summed E-state index contributed by atoms with van der Waals surface area (Å²) in [4.78, 5) is 144. The molecule has 0 unspecified atom stereocenters. The molecular formula is C59H73N11O17S. The number of aromatic hydroxyl groups is 3. The maximum absolute atomic E-state index is 14.7. The first-order valence-corrected chi connectivity index (χ1v) is 29.0. The van der Waals surface area contributed by atoms with E-state index in [0.29, 0.717) is 33.7 Å². The normalized spacial score (nSPS) is 14.8. The van der Waals surface area contributed by atoms with E-state index in [9.17, 15) is 83.7 Å². The van der Waals surface area contributed by atoms with Gasteiger partial charge in [-0.1, -0.05) is 66.7 Å². The monoisotopic (exact) mass is 1240 g/mol. The number of nitrogens with one attached hydrogen (secondary N) is 9. The summed E-state index contributed by atoms with van der Waals surface area (Å²) in [5.74, 6) is -11.7. The lowest BCUT2D eigenvalue weighted by molar-refractivity contribution is -0.142. The van der Waals surface area contributed by atoms with Crippen LogP contribution in [0.3, 0.4) is 0 Å². The number of thioether (sulfide) groups is 1. The molecule has 0 aliphatic carbocycles. The Morgan fingerprint density at radius 2 is 0.852 bits per heavy atom. The van der Waals surface area contributed by atoms with Gasteiger partial charge in [0.25, 0.3) is 0 Å². The molecule has 0 aliphatic heterocycles. The number of aliphatic hydroxyl groups excluding tert-OH is 2. The Morgan fingerprint density at radius 1 is 0.477 bits per heavy atom. The molecule has 0 bridgehead atoms. The van der Waals surface area contributed by atoms with Gasteiger partial charge < -0.3 is 89.0 Å². The summed E-state index contributed by atoms with van der Waals surface area (Å²) in [6.45, 7) is 2.27. The highest BCUT2D eigenvalue weighted by Crippen LogP contribution is 2.17. The van der Waals surface area contributed by atoms with Crippen molar-refractivity contribution in [2.75, 3.05) is 12.0 Å². The van der Waals surface area contributed by atoms with Crippen LogP contribution in [-0.2, 0) is 80.0 Å². The van der Waals surface area contributed by atoms with Gasteiger partial charge in [-0.15, -0.1) is 0 Å². The molecule has 0 saturated carbocycles. The van der Waals surface area contributed by atoms with E-state index < -0.39 is 139 Å². The van der Waals surface area contributed by atoms with Crippen LogP contribution in [0.15, 0.2) is 116 Å². The van der Waals surface area contributed by atoms with E-state index in [2.05, 4.69) is 52.5 Å². The first-order chi connectivity index (χ1) is 41.8. The first kappa shape index (κ1) is 69.2. The standard InChI is InChI=1S/C59H73N11O17S/c1-31(71)49(69-51(78)41(60)23-34-9-15-38(73)16-10-34)57(84)66-45(24-33-7-5-4-6-8-33)56(83)70-50(32(2)72)58(85)67-46(28-48(76)77)55(82)65-44(26-36-13-19-40(75)20-14-36)54(81)64-43(25-35-11-17-39(74)18-12-35)53(80)63-42(21-22-88-3)52(79)68-47(59(86)87)27-37-29-61-30-62-37/h4-20,29-32,41-47,49-50,71-75H,21-28,60H2,1-3H3,(H,61,62)(H,63,80)(H,64,81)(H,65,82)(H,66,84)(H,67,85)(H,68,79)(H,69,78)(H,70,83)(H,76,77)(H,86,87)/t31-,32-,41+,42+,43+,44+,45+,46+,47+,49+,50+/m1/s1. The number of aromatic amines is 1. The van der Waals surface area contributed by atoms with Gasteiger partial charge in [0.05, 0.1) is 31.0 Å². The van der Waals surface area contributed by atoms with Crippen LogP contribution in [0.1, 0.15) is 54.6 Å². The maximum atomic E-state index is 14.7. The molecule has 0 radical (unpaired) electrons. The second kappa shape index (κ2) is 33.9. The van der Waals surface area contributed by atoms with Crippen LogP contribution in [-0.4, -0.2) is 184 Å². The lowest BCUT2D eigenvalue weighted by Crippen LogP contribution is -2.63. The molecule has 88 heavy (non-hydrogen) atoms. The number of nitrogens with zero attached hydrogens (tertiary/aromatic N) is 1. The van der Waals surface area contributed by atoms with Crippen LogP contribution in [0, 0.1) is 0 Å². The van der Waals surface area contributed by atoms with Crippen molar-refractivity contribution in [3.8, 4) is 17.2 Å². The van der Waals surface area contributed by atoms with Crippen LogP contribution >= 0.6 is 11.8 Å². The highest BCUT2D eigenvalue weighted by atomic mass is 32.2. The summed E-state index contributed by atoms with van der Waals surface area (Å²) in [5.41, 5.74) is 8.23. The molecule has 28 nitrogen and oxygen atoms in total. The number of phenolic OH excluding ortho intramolecular Hbond substituents is 3. The second-order valence-electron chi connectivity index (χ2n) is 20.7. The van der Waals surface area contributed by atoms with E-state index >= 15 is 0 Å². The van der Waals surface area contributed by atoms with Crippen molar-refractivity contribution < 1.29 is 83.7 Å². The molecule has 5 aromatic rings. The van der Waals surface area contributed by atoms with Crippen molar-refractivity contribution in [2.45, 2.75) is 125 Å². The Hall–Kier alpha value is -9.58. The fraction of sp³-hybridized carbons (Fsp3) is 0.373. The third-order valence-electron chi connectivity index (χ3n) is 13.6. The molecule has 8 amide bonds. The lowest BCUT2D eigenvalue weighted by atomic mass is 10.0. The zero-order valence-electron chi connectivity index (χ0n) is 48.1. The van der Waals surface area contributed by atoms with E-state index in [0.717, 1.165) is 6.92 Å². The summed E-state index contributed by atoms with van der Waals surface area (Å²) in [7, 11) is 0. The van der Waals surface area contributed by atoms with E-state index in [1.165, 1.54) is 104 Å². The molecule has 0 fully saturated rings. The van der Waals surface area contributed by atoms with Gasteiger partial charge in [-0.05, 0) is 97.3 Å². The summed E-state index contributed by atoms with van der Waals surface area (Å²) < 4.78 is 0. The molecule has 0 saturated heterocycles. The molecule has 4 aromatic carbocycles. The highest BCUT2D eigenvalue weighted by molar-refractivity contribution is 7.98. The number of aliphatic carboxylic acids is 2. The Labute approximate surface area is 509 Å². The quantitative estimate of drug-likeness (QED) is 0.0219. The minimum atomic E-state index is -2.07. The van der Waals surface area contributed by atoms with E-state index in [4.69, 9.17) is 5.73 Å². The van der Waals surface area contributed by atoms with Gasteiger partial charge in [0.15, 0.2) is 0 Å². The highest BCUT2D eigenvalue weighted by Gasteiger charge is 2.38. The summed E-state index contributed by atoms with van der Waals surface area (Å²) in [5, 5.41) is 90.9. The van der Waals surface area contributed by atoms with Crippen LogP contribution in [0.2, 0.25) is 0 Å². The van der Waals surface area contributed by atoms with Crippen molar-refractivity contribution >= 4 is 71.0 Å². The molecule has 472 valence electrons. The zero-order chi connectivity index (χ0) is 64.6. The molecule has 0 aliphatic rings. The number of benzene rings is 4. The van der Waals surface area contributed by atoms with Crippen molar-refractivity contribution in [3.05, 3.63) is 144 Å². The number of phenols is 3. The topological polar surface area (TPSA) is 463 Å². The number of carboxylic acids is 2. The number of carbonyl (C=O) groups excluding carboxylic acids is 8. The van der Waals surface area contributed by atoms with E-state index in [1.807, 2.05) is 0 Å². The average molecular weight is 1240 g/mol. The number of hydrogen-bond donors (Lipinski definition) is 17. The third kappa shape index (κ3) is 22.4. The van der Waals surface area contributed by atoms with Gasteiger partial charge in [0, 0.05) is 37.6 Å². The largest absolute Gasteiger partial charge is 0.508 e. The minimum absolute atomic E-state index is 0.0118. The van der Waals surface area contributed by atoms with Gasteiger partial charge in [0.2, 0.25) is 47.3 Å². The van der Waals surface area contributed by atoms with Gasteiger partial charge in [-0.2, -0.15) is 11.8 Å². The number of hydrogen-bond acceptors (Lipinski definition) is 18. The van der Waals surface area contributed by atoms with Gasteiger partial charge in [0.1, 0.15) is 65.6 Å². The number of aliphatic hydroxyl groups is 2. The van der Waals surface area contributed by atoms with Crippen LogP contribution < -0.4 is 48.3 Å². The fourth-order valence-electron chi connectivity index (χ4n) is 8.83. The number of imidazole rings is 1. The average Bonchev–Trinajstić information content (AvgIpc) is 4.05. The summed E-state index contributed by atoms with van der Waals surface area (Å²) in [6, 6.07) is 10.1. The van der Waals surface area contributed by atoms with Crippen molar-refractivity contribution in [1.29, 1.82) is 0 Å². The van der Waals surface area contributed by atoms with Gasteiger partial charge >= 0.3 is 11.9 Å².